The lowest BCUT2D eigenvalue weighted by molar-refractivity contribution is 0.0909. The molecule has 0 bridgehead atoms. The van der Waals surface area contributed by atoms with Gasteiger partial charge in [-0.05, 0) is 43.4 Å². The Morgan fingerprint density at radius 1 is 1.33 bits per heavy atom. The lowest BCUT2D eigenvalue weighted by Gasteiger charge is -2.27. The number of thioether (sulfide) groups is 1. The Balaban J connectivity index is 2.06. The fourth-order valence-electron chi connectivity index (χ4n) is 2.40. The monoisotopic (exact) mass is 283 g/mol. The number of nitrogens with one attached hydrogen (secondary N) is 1. The van der Waals surface area contributed by atoms with E-state index in [9.17, 15) is 4.79 Å². The quantitative estimate of drug-likeness (QED) is 0.674. The van der Waals surface area contributed by atoms with Crippen LogP contribution in [0.1, 0.15) is 36.0 Å². The molecule has 4 heteroatoms. The highest BCUT2D eigenvalue weighted by molar-refractivity contribution is 7.98. The molecule has 1 N–H and O–H groups in total. The predicted octanol–water partition coefficient (Wildman–Crippen LogP) is 3.69. The lowest BCUT2D eigenvalue weighted by atomic mass is 9.99. The van der Waals surface area contributed by atoms with Crippen molar-refractivity contribution < 1.29 is 4.79 Å². The van der Waals surface area contributed by atoms with Crippen molar-refractivity contribution in [2.24, 2.45) is 0 Å². The average Bonchev–Trinajstić information content (AvgIpc) is 2.88. The minimum atomic E-state index is -0.184. The Morgan fingerprint density at radius 2 is 1.94 bits per heavy atom. The molecule has 2 rings (SSSR count). The van der Waals surface area contributed by atoms with Gasteiger partial charge >= 0.3 is 0 Å². The standard InChI is InChI=1S/C14H18ClNOS/c1-18-12-6-4-11(5-7-12)13(17)16-14(10-15)8-2-3-9-14/h4-7H,2-3,8-10H2,1H3,(H,16,17). The fourth-order valence-corrected chi connectivity index (χ4v) is 3.14. The van der Waals surface area contributed by atoms with E-state index in [-0.39, 0.29) is 11.4 Å². The molecule has 0 saturated heterocycles. The first-order chi connectivity index (χ1) is 8.69. The van der Waals surface area contributed by atoms with Gasteiger partial charge in [0.2, 0.25) is 0 Å². The summed E-state index contributed by atoms with van der Waals surface area (Å²) >= 11 is 7.70. The topological polar surface area (TPSA) is 29.1 Å². The highest BCUT2D eigenvalue weighted by atomic mass is 35.5. The van der Waals surface area contributed by atoms with Crippen molar-refractivity contribution >= 4 is 29.3 Å². The second kappa shape index (κ2) is 5.98. The minimum Gasteiger partial charge on any atom is -0.345 e. The van der Waals surface area contributed by atoms with E-state index in [2.05, 4.69) is 5.32 Å². The molecule has 18 heavy (non-hydrogen) atoms. The van der Waals surface area contributed by atoms with Gasteiger partial charge in [-0.2, -0.15) is 0 Å². The number of hydrogen-bond donors (Lipinski definition) is 1. The van der Waals surface area contributed by atoms with Crippen LogP contribution in [0, 0.1) is 0 Å². The van der Waals surface area contributed by atoms with Crippen molar-refractivity contribution in [2.75, 3.05) is 12.1 Å². The van der Waals surface area contributed by atoms with E-state index in [1.165, 1.54) is 4.90 Å². The van der Waals surface area contributed by atoms with Gasteiger partial charge < -0.3 is 5.32 Å². The molecule has 0 heterocycles. The van der Waals surface area contributed by atoms with Gasteiger partial charge in [-0.15, -0.1) is 23.4 Å². The first-order valence-electron chi connectivity index (χ1n) is 6.22. The Kier molecular flexibility index (Phi) is 4.57. The smallest absolute Gasteiger partial charge is 0.251 e. The van der Waals surface area contributed by atoms with Crippen molar-refractivity contribution in [3.05, 3.63) is 29.8 Å². The highest BCUT2D eigenvalue weighted by Crippen LogP contribution is 2.31. The van der Waals surface area contributed by atoms with Crippen molar-refractivity contribution in [3.8, 4) is 0 Å². The maximum Gasteiger partial charge on any atom is 0.251 e. The number of hydrogen-bond acceptors (Lipinski definition) is 2. The van der Waals surface area contributed by atoms with Crippen LogP contribution in [0.15, 0.2) is 29.2 Å². The van der Waals surface area contributed by atoms with E-state index in [0.29, 0.717) is 11.4 Å². The number of benzene rings is 1. The number of amides is 1. The third-order valence-corrected chi connectivity index (χ3v) is 4.80. The highest BCUT2D eigenvalue weighted by Gasteiger charge is 2.34. The largest absolute Gasteiger partial charge is 0.345 e. The minimum absolute atomic E-state index is 0.00907. The zero-order valence-corrected chi connectivity index (χ0v) is 12.1. The molecule has 0 atom stereocenters. The summed E-state index contributed by atoms with van der Waals surface area (Å²) in [5.41, 5.74) is 0.529. The van der Waals surface area contributed by atoms with Gasteiger partial charge in [0.05, 0.1) is 5.54 Å². The van der Waals surface area contributed by atoms with Gasteiger partial charge in [0, 0.05) is 16.3 Å². The van der Waals surface area contributed by atoms with Gasteiger partial charge in [0.15, 0.2) is 0 Å². The molecule has 0 unspecified atom stereocenters. The van der Waals surface area contributed by atoms with E-state index < -0.39 is 0 Å². The zero-order valence-electron chi connectivity index (χ0n) is 10.5. The average molecular weight is 284 g/mol. The molecule has 0 aromatic heterocycles. The van der Waals surface area contributed by atoms with Gasteiger partial charge in [-0.25, -0.2) is 0 Å². The summed E-state index contributed by atoms with van der Waals surface area (Å²) in [7, 11) is 0. The molecule has 2 nitrogen and oxygen atoms in total. The summed E-state index contributed by atoms with van der Waals surface area (Å²) < 4.78 is 0. The molecule has 98 valence electrons. The van der Waals surface area contributed by atoms with Crippen LogP contribution in [-0.4, -0.2) is 23.6 Å². The molecule has 1 aromatic carbocycles. The molecular weight excluding hydrogens is 266 g/mol. The molecular formula is C14H18ClNOS. The number of carbonyl (C=O) groups excluding carboxylic acids is 1. The summed E-state index contributed by atoms with van der Waals surface area (Å²) in [6.45, 7) is 0. The first kappa shape index (κ1) is 13.8. The van der Waals surface area contributed by atoms with Crippen molar-refractivity contribution in [2.45, 2.75) is 36.1 Å². The Morgan fingerprint density at radius 3 is 2.44 bits per heavy atom. The second-order valence-corrected chi connectivity index (χ2v) is 5.95. The van der Waals surface area contributed by atoms with E-state index in [1.807, 2.05) is 30.5 Å². The van der Waals surface area contributed by atoms with Crippen LogP contribution in [0.5, 0.6) is 0 Å². The van der Waals surface area contributed by atoms with Crippen LogP contribution in [0.25, 0.3) is 0 Å². The summed E-state index contributed by atoms with van der Waals surface area (Å²) in [6, 6.07) is 7.69. The van der Waals surface area contributed by atoms with Crippen LogP contribution >= 0.6 is 23.4 Å². The third-order valence-electron chi connectivity index (χ3n) is 3.55. The number of halogens is 1. The Labute approximate surface area is 117 Å². The van der Waals surface area contributed by atoms with E-state index in [1.54, 1.807) is 11.8 Å². The summed E-state index contributed by atoms with van der Waals surface area (Å²) in [5.74, 6) is 0.493. The van der Waals surface area contributed by atoms with Crippen molar-refractivity contribution in [1.82, 2.24) is 5.32 Å². The molecule has 1 aromatic rings. The van der Waals surface area contributed by atoms with E-state index in [0.717, 1.165) is 25.7 Å². The van der Waals surface area contributed by atoms with Crippen LogP contribution in [0.4, 0.5) is 0 Å². The molecule has 1 aliphatic carbocycles. The zero-order chi connectivity index (χ0) is 13.0. The Hall–Kier alpha value is -0.670. The summed E-state index contributed by atoms with van der Waals surface area (Å²) in [6.07, 6.45) is 6.31. The maximum absolute atomic E-state index is 12.2. The van der Waals surface area contributed by atoms with Crippen molar-refractivity contribution in [3.63, 3.8) is 0 Å². The SMILES string of the molecule is CSc1ccc(C(=O)NC2(CCl)CCCC2)cc1. The van der Waals surface area contributed by atoms with E-state index in [4.69, 9.17) is 11.6 Å². The van der Waals surface area contributed by atoms with Crippen LogP contribution in [0.3, 0.4) is 0 Å². The van der Waals surface area contributed by atoms with Crippen molar-refractivity contribution in [1.29, 1.82) is 0 Å². The number of carbonyl (C=O) groups is 1. The summed E-state index contributed by atoms with van der Waals surface area (Å²) in [5, 5.41) is 3.12. The predicted molar refractivity (Wildman–Crippen MR) is 77.6 cm³/mol. The van der Waals surface area contributed by atoms with Gasteiger partial charge in [-0.1, -0.05) is 12.8 Å². The van der Waals surface area contributed by atoms with Crippen LogP contribution in [0.2, 0.25) is 0 Å². The van der Waals surface area contributed by atoms with Crippen LogP contribution in [-0.2, 0) is 0 Å². The molecule has 0 spiro atoms. The maximum atomic E-state index is 12.2. The Bertz CT molecular complexity index is 412. The third kappa shape index (κ3) is 3.01. The molecule has 0 aliphatic heterocycles. The molecule has 1 saturated carbocycles. The molecule has 1 aliphatic rings. The molecule has 1 fully saturated rings. The van der Waals surface area contributed by atoms with Crippen LogP contribution < -0.4 is 5.32 Å². The lowest BCUT2D eigenvalue weighted by Crippen LogP contribution is -2.47. The first-order valence-corrected chi connectivity index (χ1v) is 7.98. The second-order valence-electron chi connectivity index (χ2n) is 4.80. The molecule has 0 radical (unpaired) electrons. The van der Waals surface area contributed by atoms with E-state index >= 15 is 0 Å². The number of alkyl halides is 1. The van der Waals surface area contributed by atoms with Gasteiger partial charge in [0.25, 0.3) is 5.91 Å². The fraction of sp³-hybridized carbons (Fsp3) is 0.500. The van der Waals surface area contributed by atoms with Gasteiger partial charge in [-0.3, -0.25) is 4.79 Å². The van der Waals surface area contributed by atoms with Gasteiger partial charge in [0.1, 0.15) is 0 Å². The normalized spacial score (nSPS) is 17.7. The number of rotatable bonds is 4. The summed E-state index contributed by atoms with van der Waals surface area (Å²) in [4.78, 5) is 13.4. The molecule has 1 amide bonds.